The van der Waals surface area contributed by atoms with Crippen molar-refractivity contribution < 1.29 is 19.8 Å². The van der Waals surface area contributed by atoms with E-state index in [1.165, 1.54) is 0 Å². The number of hydrogen-bond acceptors (Lipinski definition) is 3. The number of benzene rings is 1. The van der Waals surface area contributed by atoms with Crippen molar-refractivity contribution in [2.45, 2.75) is 26.8 Å². The Morgan fingerprint density at radius 1 is 1.30 bits per heavy atom. The molecule has 1 aromatic rings. The standard InChI is InChI=1S/C15H19NO4/c1-8(9-5-4-6-10(17)7-9)16-13(18)11-12(14(19)20)15(11,2)3/h4-8,11-12,17H,1-3H3,(H,16,18)(H,19,20). The summed E-state index contributed by atoms with van der Waals surface area (Å²) in [7, 11) is 0. The van der Waals surface area contributed by atoms with Crippen molar-refractivity contribution in [3.63, 3.8) is 0 Å². The molecule has 1 fully saturated rings. The second-order valence-electron chi connectivity index (χ2n) is 5.94. The molecule has 0 spiro atoms. The van der Waals surface area contributed by atoms with Crippen LogP contribution in [0.2, 0.25) is 0 Å². The number of carboxylic acid groups (broad SMARTS) is 1. The maximum Gasteiger partial charge on any atom is 0.307 e. The van der Waals surface area contributed by atoms with Gasteiger partial charge in [0.25, 0.3) is 0 Å². The van der Waals surface area contributed by atoms with Crippen LogP contribution in [0.4, 0.5) is 0 Å². The van der Waals surface area contributed by atoms with Crippen LogP contribution in [0.5, 0.6) is 5.75 Å². The topological polar surface area (TPSA) is 86.6 Å². The normalized spacial score (nSPS) is 24.8. The Morgan fingerprint density at radius 3 is 2.45 bits per heavy atom. The number of carboxylic acids is 1. The van der Waals surface area contributed by atoms with E-state index in [0.29, 0.717) is 0 Å². The van der Waals surface area contributed by atoms with Crippen LogP contribution in [0.1, 0.15) is 32.4 Å². The summed E-state index contributed by atoms with van der Waals surface area (Å²) >= 11 is 0. The minimum absolute atomic E-state index is 0.138. The SMILES string of the molecule is CC(NC(=O)C1C(C(=O)O)C1(C)C)c1cccc(O)c1. The van der Waals surface area contributed by atoms with Gasteiger partial charge in [0, 0.05) is 0 Å². The lowest BCUT2D eigenvalue weighted by molar-refractivity contribution is -0.140. The molecule has 0 heterocycles. The molecule has 5 heteroatoms. The number of hydrogen-bond donors (Lipinski definition) is 3. The summed E-state index contributed by atoms with van der Waals surface area (Å²) in [6, 6.07) is 6.37. The van der Waals surface area contributed by atoms with Gasteiger partial charge in [0.05, 0.1) is 17.9 Å². The van der Waals surface area contributed by atoms with Gasteiger partial charge in [-0.3, -0.25) is 9.59 Å². The summed E-state index contributed by atoms with van der Waals surface area (Å²) in [5.74, 6) is -2.17. The lowest BCUT2D eigenvalue weighted by Crippen LogP contribution is -2.29. The van der Waals surface area contributed by atoms with Gasteiger partial charge >= 0.3 is 5.97 Å². The Kier molecular flexibility index (Phi) is 3.46. The van der Waals surface area contributed by atoms with Crippen LogP contribution >= 0.6 is 0 Å². The van der Waals surface area contributed by atoms with Crippen molar-refractivity contribution >= 4 is 11.9 Å². The molecule has 1 aromatic carbocycles. The van der Waals surface area contributed by atoms with E-state index < -0.39 is 23.2 Å². The van der Waals surface area contributed by atoms with E-state index in [2.05, 4.69) is 5.32 Å². The molecule has 3 atom stereocenters. The van der Waals surface area contributed by atoms with Crippen molar-refractivity contribution in [1.82, 2.24) is 5.32 Å². The van der Waals surface area contributed by atoms with E-state index >= 15 is 0 Å². The summed E-state index contributed by atoms with van der Waals surface area (Å²) in [5, 5.41) is 21.3. The van der Waals surface area contributed by atoms with Gasteiger partial charge in [0.15, 0.2) is 0 Å². The van der Waals surface area contributed by atoms with E-state index in [1.54, 1.807) is 45.0 Å². The van der Waals surface area contributed by atoms with Crippen molar-refractivity contribution in [1.29, 1.82) is 0 Å². The molecule has 1 saturated carbocycles. The number of phenols is 1. The molecular weight excluding hydrogens is 258 g/mol. The van der Waals surface area contributed by atoms with Gasteiger partial charge in [-0.1, -0.05) is 26.0 Å². The Hall–Kier alpha value is -2.04. The molecule has 1 aliphatic rings. The van der Waals surface area contributed by atoms with Crippen LogP contribution in [-0.4, -0.2) is 22.1 Å². The lowest BCUT2D eigenvalue weighted by atomic mass is 10.1. The van der Waals surface area contributed by atoms with E-state index in [4.69, 9.17) is 5.11 Å². The maximum atomic E-state index is 12.2. The average molecular weight is 277 g/mol. The molecule has 3 unspecified atom stereocenters. The van der Waals surface area contributed by atoms with Gasteiger partial charge in [-0.2, -0.15) is 0 Å². The minimum Gasteiger partial charge on any atom is -0.508 e. The number of aliphatic carboxylic acids is 1. The molecule has 3 N–H and O–H groups in total. The number of carbonyl (C=O) groups is 2. The summed E-state index contributed by atoms with van der Waals surface area (Å²) < 4.78 is 0. The number of rotatable bonds is 4. The first-order valence-electron chi connectivity index (χ1n) is 6.57. The van der Waals surface area contributed by atoms with Crippen LogP contribution in [0.25, 0.3) is 0 Å². The Bertz CT molecular complexity index is 553. The second-order valence-corrected chi connectivity index (χ2v) is 5.94. The molecule has 0 saturated heterocycles. The van der Waals surface area contributed by atoms with E-state index in [9.17, 15) is 14.7 Å². The molecular formula is C15H19NO4. The fourth-order valence-corrected chi connectivity index (χ4v) is 2.77. The van der Waals surface area contributed by atoms with Crippen molar-refractivity contribution in [3.8, 4) is 5.75 Å². The summed E-state index contributed by atoms with van der Waals surface area (Å²) in [6.07, 6.45) is 0. The van der Waals surface area contributed by atoms with Crippen molar-refractivity contribution in [2.24, 2.45) is 17.3 Å². The van der Waals surface area contributed by atoms with Gasteiger partial charge in [-0.15, -0.1) is 0 Å². The zero-order valence-corrected chi connectivity index (χ0v) is 11.8. The highest BCUT2D eigenvalue weighted by Gasteiger charge is 2.65. The molecule has 2 rings (SSSR count). The molecule has 0 aromatic heterocycles. The molecule has 108 valence electrons. The van der Waals surface area contributed by atoms with Gasteiger partial charge in [-0.05, 0) is 30.0 Å². The van der Waals surface area contributed by atoms with Gasteiger partial charge in [0.1, 0.15) is 5.75 Å². The highest BCUT2D eigenvalue weighted by Crippen LogP contribution is 2.58. The molecule has 0 radical (unpaired) electrons. The average Bonchev–Trinajstić information content (AvgIpc) is 2.92. The first kappa shape index (κ1) is 14.4. The Balaban J connectivity index is 2.04. The van der Waals surface area contributed by atoms with Crippen LogP contribution in [0, 0.1) is 17.3 Å². The number of amides is 1. The first-order chi connectivity index (χ1) is 9.25. The van der Waals surface area contributed by atoms with Crippen LogP contribution in [0.15, 0.2) is 24.3 Å². The van der Waals surface area contributed by atoms with Crippen LogP contribution in [0.3, 0.4) is 0 Å². The number of nitrogens with one attached hydrogen (secondary N) is 1. The first-order valence-corrected chi connectivity index (χ1v) is 6.57. The quantitative estimate of drug-likeness (QED) is 0.784. The molecule has 0 bridgehead atoms. The Morgan fingerprint density at radius 2 is 1.95 bits per heavy atom. The lowest BCUT2D eigenvalue weighted by Gasteiger charge is -2.15. The van der Waals surface area contributed by atoms with Gasteiger partial charge in [-0.25, -0.2) is 0 Å². The largest absolute Gasteiger partial charge is 0.508 e. The third-order valence-corrected chi connectivity index (χ3v) is 4.10. The fourth-order valence-electron chi connectivity index (χ4n) is 2.77. The third kappa shape index (κ3) is 2.48. The van der Waals surface area contributed by atoms with Crippen LogP contribution in [-0.2, 0) is 9.59 Å². The zero-order valence-electron chi connectivity index (χ0n) is 11.8. The second kappa shape index (κ2) is 4.81. The smallest absolute Gasteiger partial charge is 0.307 e. The predicted molar refractivity (Wildman–Crippen MR) is 73.1 cm³/mol. The molecule has 1 aliphatic carbocycles. The highest BCUT2D eigenvalue weighted by atomic mass is 16.4. The summed E-state index contributed by atoms with van der Waals surface area (Å²) in [4.78, 5) is 23.2. The van der Waals surface area contributed by atoms with Crippen LogP contribution < -0.4 is 5.32 Å². The zero-order chi connectivity index (χ0) is 15.1. The monoisotopic (exact) mass is 277 g/mol. The summed E-state index contributed by atoms with van der Waals surface area (Å²) in [6.45, 7) is 5.38. The molecule has 1 amide bonds. The number of phenolic OH excluding ortho intramolecular Hbond substituents is 1. The molecule has 0 aliphatic heterocycles. The van der Waals surface area contributed by atoms with Crippen molar-refractivity contribution in [3.05, 3.63) is 29.8 Å². The molecule has 5 nitrogen and oxygen atoms in total. The van der Waals surface area contributed by atoms with E-state index in [-0.39, 0.29) is 17.7 Å². The predicted octanol–water partition coefficient (Wildman–Crippen LogP) is 1.93. The van der Waals surface area contributed by atoms with Gasteiger partial charge in [0.2, 0.25) is 5.91 Å². The maximum absolute atomic E-state index is 12.2. The highest BCUT2D eigenvalue weighted by molar-refractivity contribution is 5.91. The number of carbonyl (C=O) groups excluding carboxylic acids is 1. The van der Waals surface area contributed by atoms with E-state index in [1.807, 2.05) is 0 Å². The fraction of sp³-hybridized carbons (Fsp3) is 0.467. The summed E-state index contributed by atoms with van der Waals surface area (Å²) in [5.41, 5.74) is 0.276. The minimum atomic E-state index is -0.930. The molecule has 20 heavy (non-hydrogen) atoms. The Labute approximate surface area is 117 Å². The van der Waals surface area contributed by atoms with Crippen molar-refractivity contribution in [2.75, 3.05) is 0 Å². The number of aromatic hydroxyl groups is 1. The van der Waals surface area contributed by atoms with Gasteiger partial charge < -0.3 is 15.5 Å². The van der Waals surface area contributed by atoms with E-state index in [0.717, 1.165) is 5.56 Å². The third-order valence-electron chi connectivity index (χ3n) is 4.10.